The van der Waals surface area contributed by atoms with Crippen molar-refractivity contribution in [3.05, 3.63) is 70.1 Å². The molecule has 1 radical (unpaired) electrons. The number of carbonyl (C=O) groups excluding carboxylic acids is 2. The van der Waals surface area contributed by atoms with E-state index in [0.717, 1.165) is 78.2 Å². The van der Waals surface area contributed by atoms with E-state index in [2.05, 4.69) is 44.7 Å². The first kappa shape index (κ1) is 25.1. The highest BCUT2D eigenvalue weighted by atomic mass is 16.5. The molecular formula is C30H33N4O3. The van der Waals surface area contributed by atoms with Gasteiger partial charge in [-0.3, -0.25) is 14.5 Å². The number of rotatable bonds is 8. The molecule has 2 amide bonds. The molecule has 5 rings (SSSR count). The fraction of sp³-hybridized carbons (Fsp3) is 0.333. The number of ether oxygens (including phenoxy) is 1. The Hall–Kier alpha value is -3.52. The fourth-order valence-electron chi connectivity index (χ4n) is 4.93. The zero-order valence-corrected chi connectivity index (χ0v) is 21.5. The molecule has 1 fully saturated rings. The minimum absolute atomic E-state index is 0.0537. The molecule has 1 N–H and O–H groups in total. The smallest absolute Gasteiger partial charge is 0.270 e. The predicted molar refractivity (Wildman–Crippen MR) is 146 cm³/mol. The Balaban J connectivity index is 1.44. The van der Waals surface area contributed by atoms with Gasteiger partial charge in [0.1, 0.15) is 0 Å². The van der Waals surface area contributed by atoms with Crippen molar-refractivity contribution in [2.75, 3.05) is 53.5 Å². The number of nitrogens with one attached hydrogen (secondary N) is 1. The van der Waals surface area contributed by atoms with Crippen LogP contribution in [0, 0.1) is 0 Å². The normalized spacial score (nSPS) is 15.6. The average Bonchev–Trinajstić information content (AvgIpc) is 2.91. The van der Waals surface area contributed by atoms with Crippen LogP contribution in [-0.2, 0) is 16.1 Å². The van der Waals surface area contributed by atoms with Crippen LogP contribution in [0.4, 0.5) is 0 Å². The van der Waals surface area contributed by atoms with Crippen molar-refractivity contribution < 1.29 is 14.3 Å². The molecule has 0 bridgehead atoms. The van der Waals surface area contributed by atoms with Gasteiger partial charge < -0.3 is 15.0 Å². The summed E-state index contributed by atoms with van der Waals surface area (Å²) in [5, 5.41) is 11.2. The van der Waals surface area contributed by atoms with Crippen molar-refractivity contribution in [3.63, 3.8) is 0 Å². The van der Waals surface area contributed by atoms with Crippen LogP contribution in [0.3, 0.4) is 0 Å². The molecule has 0 spiro atoms. The zero-order valence-electron chi connectivity index (χ0n) is 21.5. The fourth-order valence-corrected chi connectivity index (χ4v) is 4.93. The number of carbonyl (C=O) groups is 2. The molecule has 7 heteroatoms. The van der Waals surface area contributed by atoms with Gasteiger partial charge in [0.25, 0.3) is 11.8 Å². The Morgan fingerprint density at radius 3 is 2.54 bits per heavy atom. The lowest BCUT2D eigenvalue weighted by atomic mass is 9.95. The number of benzene rings is 3. The van der Waals surface area contributed by atoms with Gasteiger partial charge in [-0.1, -0.05) is 24.3 Å². The summed E-state index contributed by atoms with van der Waals surface area (Å²) in [4.78, 5) is 29.1. The number of nitrogens with zero attached hydrogens (tertiary/aromatic N) is 3. The van der Waals surface area contributed by atoms with E-state index >= 15 is 0 Å². The molecule has 2 aliphatic rings. The van der Waals surface area contributed by atoms with E-state index in [1.54, 1.807) is 12.3 Å². The second-order valence-electron chi connectivity index (χ2n) is 9.92. The minimum Gasteiger partial charge on any atom is -0.379 e. The molecule has 3 aromatic carbocycles. The van der Waals surface area contributed by atoms with E-state index in [4.69, 9.17) is 4.74 Å². The second kappa shape index (κ2) is 11.3. The summed E-state index contributed by atoms with van der Waals surface area (Å²) in [6.07, 6.45) is 4.22. The molecule has 3 aromatic rings. The summed E-state index contributed by atoms with van der Waals surface area (Å²) < 4.78 is 5.51. The van der Waals surface area contributed by atoms with Gasteiger partial charge >= 0.3 is 0 Å². The Kier molecular flexibility index (Phi) is 7.65. The molecule has 2 heterocycles. The maximum atomic E-state index is 12.5. The van der Waals surface area contributed by atoms with Gasteiger partial charge in [0.05, 0.1) is 13.2 Å². The van der Waals surface area contributed by atoms with Crippen molar-refractivity contribution in [3.8, 4) is 11.1 Å². The molecule has 2 aliphatic heterocycles. The monoisotopic (exact) mass is 497 g/mol. The van der Waals surface area contributed by atoms with E-state index in [-0.39, 0.29) is 11.8 Å². The van der Waals surface area contributed by atoms with Crippen molar-refractivity contribution >= 4 is 34.9 Å². The van der Waals surface area contributed by atoms with E-state index < -0.39 is 0 Å². The topological polar surface area (TPSA) is 76.0 Å². The molecule has 0 saturated carbocycles. The number of hydrogen-bond acceptors (Lipinski definition) is 5. The molecule has 0 aliphatic carbocycles. The molecule has 0 unspecified atom stereocenters. The maximum Gasteiger partial charge on any atom is 0.270 e. The van der Waals surface area contributed by atoms with Crippen LogP contribution in [0.5, 0.6) is 0 Å². The van der Waals surface area contributed by atoms with Crippen molar-refractivity contribution in [1.29, 1.82) is 0 Å². The highest BCUT2D eigenvalue weighted by molar-refractivity contribution is 6.08. The maximum absolute atomic E-state index is 12.5. The average molecular weight is 498 g/mol. The van der Waals surface area contributed by atoms with Gasteiger partial charge in [-0.25, -0.2) is 5.32 Å². The van der Waals surface area contributed by atoms with E-state index in [0.29, 0.717) is 12.1 Å². The summed E-state index contributed by atoms with van der Waals surface area (Å²) >= 11 is 0. The largest absolute Gasteiger partial charge is 0.379 e. The molecule has 7 nitrogen and oxygen atoms in total. The van der Waals surface area contributed by atoms with Crippen LogP contribution in [0.25, 0.3) is 34.2 Å². The van der Waals surface area contributed by atoms with Crippen LogP contribution < -0.4 is 21.1 Å². The van der Waals surface area contributed by atoms with Gasteiger partial charge in [-0.15, -0.1) is 0 Å². The number of amides is 2. The number of fused-ring (bicyclic) bond motifs is 3. The minimum atomic E-state index is -0.226. The van der Waals surface area contributed by atoms with Crippen LogP contribution >= 0.6 is 0 Å². The standard InChI is InChI=1S/C30H33N4O3/c1-33(2)11-3-10-31-30(36)22-6-4-21(5-7-22)23-8-9-26-25(20-34-12-14-37-15-13-34)16-24-18-29(35)32-19-28(24)27(26)17-23/h4-9,16-19H,3,10-15,20H2,1-2H3,(H,31,36). The van der Waals surface area contributed by atoms with E-state index in [9.17, 15) is 9.59 Å². The summed E-state index contributed by atoms with van der Waals surface area (Å²) in [5.41, 5.74) is 3.94. The van der Waals surface area contributed by atoms with Crippen LogP contribution in [0.2, 0.25) is 0 Å². The van der Waals surface area contributed by atoms with Gasteiger partial charge in [0.2, 0.25) is 0 Å². The molecule has 37 heavy (non-hydrogen) atoms. The van der Waals surface area contributed by atoms with Gasteiger partial charge in [-0.05, 0) is 84.0 Å². The van der Waals surface area contributed by atoms with Gasteiger partial charge in [-0.2, -0.15) is 0 Å². The zero-order chi connectivity index (χ0) is 25.8. The predicted octanol–water partition coefficient (Wildman–Crippen LogP) is 1.68. The molecular weight excluding hydrogens is 464 g/mol. The molecule has 0 aromatic heterocycles. The van der Waals surface area contributed by atoms with E-state index in [1.165, 1.54) is 5.56 Å². The van der Waals surface area contributed by atoms with Crippen molar-refractivity contribution in [2.45, 2.75) is 13.0 Å². The van der Waals surface area contributed by atoms with Crippen LogP contribution in [-0.4, -0.2) is 75.1 Å². The first-order valence-electron chi connectivity index (χ1n) is 12.8. The first-order valence-corrected chi connectivity index (χ1v) is 12.8. The third kappa shape index (κ3) is 5.91. The van der Waals surface area contributed by atoms with Gasteiger partial charge in [0.15, 0.2) is 0 Å². The highest BCUT2D eigenvalue weighted by Crippen LogP contribution is 2.26. The summed E-state index contributed by atoms with van der Waals surface area (Å²) in [5.74, 6) is -0.280. The second-order valence-corrected chi connectivity index (χ2v) is 9.92. The first-order chi connectivity index (χ1) is 18.0. The summed E-state index contributed by atoms with van der Waals surface area (Å²) in [7, 11) is 4.05. The lowest BCUT2D eigenvalue weighted by Crippen LogP contribution is -2.37. The Labute approximate surface area is 217 Å². The lowest BCUT2D eigenvalue weighted by molar-refractivity contribution is -0.114. The van der Waals surface area contributed by atoms with Crippen LogP contribution in [0.1, 0.15) is 22.3 Å². The molecule has 191 valence electrons. The summed E-state index contributed by atoms with van der Waals surface area (Å²) in [6.45, 7) is 5.69. The van der Waals surface area contributed by atoms with Crippen molar-refractivity contribution in [2.24, 2.45) is 0 Å². The van der Waals surface area contributed by atoms with Crippen molar-refractivity contribution in [1.82, 2.24) is 20.4 Å². The highest BCUT2D eigenvalue weighted by Gasteiger charge is 2.16. The quantitative estimate of drug-likeness (QED) is 0.480. The Bertz CT molecular complexity index is 1420. The third-order valence-electron chi connectivity index (χ3n) is 6.94. The third-order valence-corrected chi connectivity index (χ3v) is 6.94. The Morgan fingerprint density at radius 2 is 1.78 bits per heavy atom. The summed E-state index contributed by atoms with van der Waals surface area (Å²) in [6, 6.07) is 16.3. The van der Waals surface area contributed by atoms with E-state index in [1.807, 2.05) is 38.4 Å². The lowest BCUT2D eigenvalue weighted by Gasteiger charge is -2.27. The molecule has 1 saturated heterocycles. The SMILES string of the molecule is CN(C)CCCNC(=O)c1ccc(-c2ccc3c(CN4CCOCC4)cc4c(c3c2)=C[N]C(=O)C=4)cc1. The molecule has 0 atom stereocenters. The Morgan fingerprint density at radius 1 is 1.03 bits per heavy atom. The van der Waals surface area contributed by atoms with Gasteiger partial charge in [0, 0.05) is 49.2 Å². The number of morpholine rings is 1. The van der Waals surface area contributed by atoms with Crippen LogP contribution in [0.15, 0.2) is 48.5 Å². The number of hydrogen-bond donors (Lipinski definition) is 1.